The third kappa shape index (κ3) is 3.27. The molecule has 1 N–H and O–H groups in total. The van der Waals surface area contributed by atoms with Gasteiger partial charge in [0.2, 0.25) is 0 Å². The zero-order chi connectivity index (χ0) is 12.4. The molecule has 17 heavy (non-hydrogen) atoms. The number of nitrogens with one attached hydrogen (secondary N) is 1. The Morgan fingerprint density at radius 1 is 1.47 bits per heavy atom. The molecule has 4 heteroatoms. The van der Waals surface area contributed by atoms with E-state index in [1.165, 1.54) is 35.0 Å². The van der Waals surface area contributed by atoms with Crippen molar-refractivity contribution >= 4 is 11.3 Å². The third-order valence-corrected chi connectivity index (χ3v) is 4.83. The average Bonchev–Trinajstić information content (AvgIpc) is 2.59. The standard InChI is InChI=1S/C13H23N3S/c1-9-7-12(5-6-16(9)4)14-8-13-10(2)15-11(3)17-13/h9,12,14H,5-8H2,1-4H3. The zero-order valence-corrected chi connectivity index (χ0v) is 12.1. The second-order valence-corrected chi connectivity index (χ2v) is 6.46. The maximum Gasteiger partial charge on any atom is 0.0900 e. The summed E-state index contributed by atoms with van der Waals surface area (Å²) in [7, 11) is 2.22. The molecule has 2 heterocycles. The molecular formula is C13H23N3S. The lowest BCUT2D eigenvalue weighted by Crippen LogP contribution is -2.45. The summed E-state index contributed by atoms with van der Waals surface area (Å²) in [6.45, 7) is 8.70. The van der Waals surface area contributed by atoms with Crippen LogP contribution in [0.3, 0.4) is 0 Å². The predicted molar refractivity (Wildman–Crippen MR) is 73.5 cm³/mol. The summed E-state index contributed by atoms with van der Waals surface area (Å²) in [5, 5.41) is 4.86. The number of aryl methyl sites for hydroxylation is 2. The summed E-state index contributed by atoms with van der Waals surface area (Å²) in [6, 6.07) is 1.37. The Balaban J connectivity index is 1.84. The quantitative estimate of drug-likeness (QED) is 0.896. The summed E-state index contributed by atoms with van der Waals surface area (Å²) >= 11 is 1.82. The minimum Gasteiger partial charge on any atom is -0.309 e. The summed E-state index contributed by atoms with van der Waals surface area (Å²) in [4.78, 5) is 8.31. The van der Waals surface area contributed by atoms with Gasteiger partial charge in [-0.05, 0) is 47.2 Å². The van der Waals surface area contributed by atoms with Gasteiger partial charge in [-0.2, -0.15) is 0 Å². The molecule has 96 valence electrons. The Morgan fingerprint density at radius 3 is 2.82 bits per heavy atom. The number of aromatic nitrogens is 1. The fourth-order valence-electron chi connectivity index (χ4n) is 2.45. The van der Waals surface area contributed by atoms with Crippen molar-refractivity contribution in [1.29, 1.82) is 0 Å². The van der Waals surface area contributed by atoms with Crippen LogP contribution in [0.4, 0.5) is 0 Å². The van der Waals surface area contributed by atoms with E-state index < -0.39 is 0 Å². The normalized spacial score (nSPS) is 26.4. The second-order valence-electron chi connectivity index (χ2n) is 5.17. The van der Waals surface area contributed by atoms with Gasteiger partial charge in [-0.25, -0.2) is 4.98 Å². The molecule has 3 nitrogen and oxygen atoms in total. The number of likely N-dealkylation sites (tertiary alicyclic amines) is 1. The number of hydrogen-bond donors (Lipinski definition) is 1. The highest BCUT2D eigenvalue weighted by molar-refractivity contribution is 7.11. The molecule has 0 amide bonds. The topological polar surface area (TPSA) is 28.2 Å². The van der Waals surface area contributed by atoms with Crippen molar-refractivity contribution in [3.05, 3.63) is 15.6 Å². The van der Waals surface area contributed by atoms with Gasteiger partial charge < -0.3 is 10.2 Å². The molecule has 0 spiro atoms. The van der Waals surface area contributed by atoms with E-state index in [0.717, 1.165) is 6.54 Å². The van der Waals surface area contributed by atoms with E-state index >= 15 is 0 Å². The Labute approximate surface area is 108 Å². The van der Waals surface area contributed by atoms with Gasteiger partial charge in [-0.1, -0.05) is 0 Å². The first-order valence-electron chi connectivity index (χ1n) is 6.42. The monoisotopic (exact) mass is 253 g/mol. The Hall–Kier alpha value is -0.450. The lowest BCUT2D eigenvalue weighted by Gasteiger charge is -2.35. The van der Waals surface area contributed by atoms with E-state index in [0.29, 0.717) is 12.1 Å². The smallest absolute Gasteiger partial charge is 0.0900 e. The lowest BCUT2D eigenvalue weighted by atomic mass is 9.99. The molecule has 2 unspecified atom stereocenters. The van der Waals surface area contributed by atoms with Crippen LogP contribution in [-0.4, -0.2) is 35.6 Å². The van der Waals surface area contributed by atoms with Gasteiger partial charge >= 0.3 is 0 Å². The van der Waals surface area contributed by atoms with Gasteiger partial charge in [-0.3, -0.25) is 0 Å². The van der Waals surface area contributed by atoms with Gasteiger partial charge in [0.25, 0.3) is 0 Å². The molecule has 1 aromatic rings. The molecule has 2 rings (SSSR count). The van der Waals surface area contributed by atoms with Crippen molar-refractivity contribution in [2.75, 3.05) is 13.6 Å². The molecule has 1 fully saturated rings. The van der Waals surface area contributed by atoms with Crippen molar-refractivity contribution in [1.82, 2.24) is 15.2 Å². The molecule has 0 radical (unpaired) electrons. The average molecular weight is 253 g/mol. The molecule has 1 aliphatic rings. The summed E-state index contributed by atoms with van der Waals surface area (Å²) in [5.41, 5.74) is 1.20. The van der Waals surface area contributed by atoms with Crippen LogP contribution in [0.15, 0.2) is 0 Å². The second kappa shape index (κ2) is 5.46. The van der Waals surface area contributed by atoms with Crippen molar-refractivity contribution in [3.8, 4) is 0 Å². The van der Waals surface area contributed by atoms with E-state index in [9.17, 15) is 0 Å². The van der Waals surface area contributed by atoms with Crippen molar-refractivity contribution < 1.29 is 0 Å². The SMILES string of the molecule is Cc1nc(C)c(CNC2CCN(C)C(C)C2)s1. The van der Waals surface area contributed by atoms with Crippen LogP contribution < -0.4 is 5.32 Å². The van der Waals surface area contributed by atoms with Gasteiger partial charge in [0.1, 0.15) is 0 Å². The molecule has 0 bridgehead atoms. The van der Waals surface area contributed by atoms with E-state index in [2.05, 4.69) is 43.0 Å². The van der Waals surface area contributed by atoms with E-state index in [4.69, 9.17) is 0 Å². The summed E-state index contributed by atoms with van der Waals surface area (Å²) in [5.74, 6) is 0. The maximum absolute atomic E-state index is 4.47. The van der Waals surface area contributed by atoms with Crippen LogP contribution in [0, 0.1) is 13.8 Å². The number of hydrogen-bond acceptors (Lipinski definition) is 4. The van der Waals surface area contributed by atoms with Gasteiger partial charge in [-0.15, -0.1) is 11.3 Å². The third-order valence-electron chi connectivity index (χ3n) is 3.76. The van der Waals surface area contributed by atoms with Crippen LogP contribution in [0.2, 0.25) is 0 Å². The summed E-state index contributed by atoms with van der Waals surface area (Å²) < 4.78 is 0. The maximum atomic E-state index is 4.47. The number of nitrogens with zero attached hydrogens (tertiary/aromatic N) is 2. The van der Waals surface area contributed by atoms with E-state index in [1.807, 2.05) is 11.3 Å². The van der Waals surface area contributed by atoms with E-state index in [-0.39, 0.29) is 0 Å². The predicted octanol–water partition coefficient (Wildman–Crippen LogP) is 2.33. The van der Waals surface area contributed by atoms with Crippen LogP contribution in [0.1, 0.15) is 35.3 Å². The van der Waals surface area contributed by atoms with Crippen LogP contribution in [0.5, 0.6) is 0 Å². The highest BCUT2D eigenvalue weighted by Crippen LogP contribution is 2.19. The first-order valence-corrected chi connectivity index (χ1v) is 7.24. The molecule has 2 atom stereocenters. The number of piperidine rings is 1. The Morgan fingerprint density at radius 2 is 2.24 bits per heavy atom. The largest absolute Gasteiger partial charge is 0.309 e. The number of rotatable bonds is 3. The Bertz CT molecular complexity index is 375. The highest BCUT2D eigenvalue weighted by Gasteiger charge is 2.22. The highest BCUT2D eigenvalue weighted by atomic mass is 32.1. The van der Waals surface area contributed by atoms with Crippen LogP contribution >= 0.6 is 11.3 Å². The fourth-order valence-corrected chi connectivity index (χ4v) is 3.34. The van der Waals surface area contributed by atoms with Gasteiger partial charge in [0.05, 0.1) is 10.7 Å². The van der Waals surface area contributed by atoms with Gasteiger partial charge in [0, 0.05) is 23.5 Å². The minimum absolute atomic E-state index is 0.669. The van der Waals surface area contributed by atoms with Crippen LogP contribution in [0.25, 0.3) is 0 Å². The molecule has 0 aromatic carbocycles. The lowest BCUT2D eigenvalue weighted by molar-refractivity contribution is 0.168. The molecular weight excluding hydrogens is 230 g/mol. The molecule has 1 aromatic heterocycles. The fraction of sp³-hybridized carbons (Fsp3) is 0.769. The molecule has 1 aliphatic heterocycles. The molecule has 1 saturated heterocycles. The first kappa shape index (κ1) is 13.0. The Kier molecular flexibility index (Phi) is 4.17. The van der Waals surface area contributed by atoms with Crippen molar-refractivity contribution in [3.63, 3.8) is 0 Å². The zero-order valence-electron chi connectivity index (χ0n) is 11.3. The van der Waals surface area contributed by atoms with Crippen molar-refractivity contribution in [2.24, 2.45) is 0 Å². The molecule has 0 saturated carbocycles. The van der Waals surface area contributed by atoms with Crippen LogP contribution in [-0.2, 0) is 6.54 Å². The van der Waals surface area contributed by atoms with Crippen molar-refractivity contribution in [2.45, 2.75) is 52.2 Å². The first-order chi connectivity index (χ1) is 8.06. The summed E-state index contributed by atoms with van der Waals surface area (Å²) in [6.07, 6.45) is 2.52. The minimum atomic E-state index is 0.669. The molecule has 0 aliphatic carbocycles. The van der Waals surface area contributed by atoms with Gasteiger partial charge in [0.15, 0.2) is 0 Å². The van der Waals surface area contributed by atoms with E-state index in [1.54, 1.807) is 0 Å². The number of thiazole rings is 1.